The molecule has 0 fully saturated rings. The number of halogens is 1. The van der Waals surface area contributed by atoms with Gasteiger partial charge in [0, 0.05) is 34.4 Å². The third-order valence-corrected chi connectivity index (χ3v) is 3.37. The van der Waals surface area contributed by atoms with Crippen LogP contribution in [-0.2, 0) is 0 Å². The molecule has 0 amide bonds. The summed E-state index contributed by atoms with van der Waals surface area (Å²) in [7, 11) is 0. The molecule has 0 aliphatic rings. The van der Waals surface area contributed by atoms with Crippen molar-refractivity contribution >= 4 is 21.6 Å². The van der Waals surface area contributed by atoms with Gasteiger partial charge in [0.1, 0.15) is 0 Å². The molecule has 1 unspecified atom stereocenters. The summed E-state index contributed by atoms with van der Waals surface area (Å²) in [6, 6.07) is 6.43. The van der Waals surface area contributed by atoms with E-state index in [1.165, 1.54) is 6.07 Å². The van der Waals surface area contributed by atoms with Crippen LogP contribution in [0.25, 0.3) is 0 Å². The van der Waals surface area contributed by atoms with Crippen LogP contribution in [0.3, 0.4) is 0 Å². The van der Waals surface area contributed by atoms with Crippen molar-refractivity contribution in [2.75, 3.05) is 0 Å². The largest absolute Gasteiger partial charge is 0.432 e. The van der Waals surface area contributed by atoms with Gasteiger partial charge in [0.05, 0.1) is 4.92 Å². The topological polar surface area (TPSA) is 91.3 Å². The highest BCUT2D eigenvalue weighted by Gasteiger charge is 2.20. The Morgan fingerprint density at radius 3 is 2.76 bits per heavy atom. The predicted octanol–water partition coefficient (Wildman–Crippen LogP) is 3.87. The third kappa shape index (κ3) is 3.56. The minimum Gasteiger partial charge on any atom is -0.432 e. The number of hydrogen-bond acceptors (Lipinski definition) is 5. The van der Waals surface area contributed by atoms with Crippen molar-refractivity contribution in [1.82, 2.24) is 4.98 Å². The highest BCUT2D eigenvalue weighted by Crippen LogP contribution is 2.36. The SMILES string of the molecule is Cc1cc(Br)cc([N+](=O)[O-])c1Oc1cc(C(C)N)ccn1. The number of pyridine rings is 1. The van der Waals surface area contributed by atoms with Gasteiger partial charge in [-0.1, -0.05) is 15.9 Å². The number of nitrogens with zero attached hydrogens (tertiary/aromatic N) is 2. The molecule has 0 bridgehead atoms. The van der Waals surface area contributed by atoms with Gasteiger partial charge in [-0.2, -0.15) is 0 Å². The van der Waals surface area contributed by atoms with E-state index in [0.29, 0.717) is 10.0 Å². The molecule has 1 atom stereocenters. The Labute approximate surface area is 130 Å². The molecule has 110 valence electrons. The van der Waals surface area contributed by atoms with Crippen molar-refractivity contribution < 1.29 is 9.66 Å². The summed E-state index contributed by atoms with van der Waals surface area (Å²) >= 11 is 3.24. The smallest absolute Gasteiger partial charge is 0.313 e. The lowest BCUT2D eigenvalue weighted by Gasteiger charge is -2.11. The van der Waals surface area contributed by atoms with E-state index in [-0.39, 0.29) is 23.4 Å². The minimum absolute atomic E-state index is 0.116. The highest BCUT2D eigenvalue weighted by molar-refractivity contribution is 9.10. The van der Waals surface area contributed by atoms with Crippen molar-refractivity contribution in [3.05, 3.63) is 56.2 Å². The lowest BCUT2D eigenvalue weighted by molar-refractivity contribution is -0.385. The van der Waals surface area contributed by atoms with Gasteiger partial charge in [0.15, 0.2) is 0 Å². The molecule has 2 rings (SSSR count). The van der Waals surface area contributed by atoms with Gasteiger partial charge in [-0.05, 0) is 31.5 Å². The van der Waals surface area contributed by atoms with Crippen LogP contribution in [0.5, 0.6) is 11.6 Å². The van der Waals surface area contributed by atoms with Gasteiger partial charge in [-0.15, -0.1) is 0 Å². The lowest BCUT2D eigenvalue weighted by Crippen LogP contribution is -2.05. The first-order valence-corrected chi connectivity index (χ1v) is 7.01. The van der Waals surface area contributed by atoms with E-state index in [1.54, 1.807) is 31.3 Å². The molecule has 0 saturated carbocycles. The predicted molar refractivity (Wildman–Crippen MR) is 82.4 cm³/mol. The highest BCUT2D eigenvalue weighted by atomic mass is 79.9. The molecular weight excluding hydrogens is 338 g/mol. The van der Waals surface area contributed by atoms with Crippen LogP contribution in [0.4, 0.5) is 5.69 Å². The summed E-state index contributed by atoms with van der Waals surface area (Å²) in [4.78, 5) is 14.7. The summed E-state index contributed by atoms with van der Waals surface area (Å²) in [5, 5.41) is 11.2. The summed E-state index contributed by atoms with van der Waals surface area (Å²) < 4.78 is 6.24. The van der Waals surface area contributed by atoms with Crippen molar-refractivity contribution in [3.8, 4) is 11.6 Å². The normalized spacial score (nSPS) is 12.0. The van der Waals surface area contributed by atoms with E-state index in [9.17, 15) is 10.1 Å². The van der Waals surface area contributed by atoms with Crippen LogP contribution in [0.15, 0.2) is 34.9 Å². The molecule has 1 aromatic carbocycles. The van der Waals surface area contributed by atoms with E-state index in [1.807, 2.05) is 6.92 Å². The molecule has 6 nitrogen and oxygen atoms in total. The van der Waals surface area contributed by atoms with Gasteiger partial charge >= 0.3 is 5.69 Å². The fraction of sp³-hybridized carbons (Fsp3) is 0.214. The number of benzene rings is 1. The number of rotatable bonds is 4. The van der Waals surface area contributed by atoms with Crippen LogP contribution in [0.2, 0.25) is 0 Å². The molecule has 0 radical (unpaired) electrons. The molecule has 0 saturated heterocycles. The second-order valence-corrected chi connectivity index (χ2v) is 5.56. The van der Waals surface area contributed by atoms with E-state index in [4.69, 9.17) is 10.5 Å². The Morgan fingerprint density at radius 2 is 2.14 bits per heavy atom. The third-order valence-electron chi connectivity index (χ3n) is 2.91. The summed E-state index contributed by atoms with van der Waals surface area (Å²) in [5.41, 5.74) is 7.18. The van der Waals surface area contributed by atoms with Gasteiger partial charge in [-0.3, -0.25) is 10.1 Å². The first kappa shape index (κ1) is 15.4. The van der Waals surface area contributed by atoms with Crippen LogP contribution >= 0.6 is 15.9 Å². The maximum Gasteiger partial charge on any atom is 0.313 e. The van der Waals surface area contributed by atoms with Crippen molar-refractivity contribution in [2.24, 2.45) is 5.73 Å². The van der Waals surface area contributed by atoms with E-state index >= 15 is 0 Å². The quantitative estimate of drug-likeness (QED) is 0.666. The number of nitrogens with two attached hydrogens (primary N) is 1. The van der Waals surface area contributed by atoms with Crippen LogP contribution in [-0.4, -0.2) is 9.91 Å². The number of nitro groups is 1. The molecule has 2 N–H and O–H groups in total. The van der Waals surface area contributed by atoms with Crippen LogP contribution in [0.1, 0.15) is 24.1 Å². The summed E-state index contributed by atoms with van der Waals surface area (Å²) in [5.74, 6) is 0.454. The van der Waals surface area contributed by atoms with Crippen molar-refractivity contribution in [3.63, 3.8) is 0 Å². The number of aryl methyl sites for hydroxylation is 1. The maximum absolute atomic E-state index is 11.2. The molecule has 21 heavy (non-hydrogen) atoms. The molecular formula is C14H14BrN3O3. The molecule has 1 aromatic heterocycles. The number of hydrogen-bond donors (Lipinski definition) is 1. The molecule has 0 aliphatic heterocycles. The van der Waals surface area contributed by atoms with E-state index in [0.717, 1.165) is 5.56 Å². The Morgan fingerprint density at radius 1 is 1.43 bits per heavy atom. The second-order valence-electron chi connectivity index (χ2n) is 4.65. The van der Waals surface area contributed by atoms with Gasteiger partial charge < -0.3 is 10.5 Å². The fourth-order valence-electron chi connectivity index (χ4n) is 1.85. The molecule has 7 heteroatoms. The van der Waals surface area contributed by atoms with Gasteiger partial charge in [0.2, 0.25) is 11.6 Å². The zero-order valence-corrected chi connectivity index (χ0v) is 13.1. The van der Waals surface area contributed by atoms with Crippen molar-refractivity contribution in [2.45, 2.75) is 19.9 Å². The first-order chi connectivity index (χ1) is 9.88. The molecule has 0 aliphatic carbocycles. The Hall–Kier alpha value is -1.99. The second kappa shape index (κ2) is 6.19. The van der Waals surface area contributed by atoms with Gasteiger partial charge in [-0.25, -0.2) is 4.98 Å². The van der Waals surface area contributed by atoms with E-state index < -0.39 is 4.92 Å². The number of ether oxygens (including phenoxy) is 1. The summed E-state index contributed by atoms with van der Waals surface area (Å²) in [6.45, 7) is 3.58. The summed E-state index contributed by atoms with van der Waals surface area (Å²) in [6.07, 6.45) is 1.56. The average molecular weight is 352 g/mol. The zero-order chi connectivity index (χ0) is 15.6. The first-order valence-electron chi connectivity index (χ1n) is 6.22. The monoisotopic (exact) mass is 351 g/mol. The Bertz CT molecular complexity index is 689. The minimum atomic E-state index is -0.484. The molecule has 1 heterocycles. The Kier molecular flexibility index (Phi) is 4.54. The van der Waals surface area contributed by atoms with Crippen LogP contribution in [0, 0.1) is 17.0 Å². The Balaban J connectivity index is 2.44. The average Bonchev–Trinajstić information content (AvgIpc) is 2.41. The van der Waals surface area contributed by atoms with Crippen LogP contribution < -0.4 is 10.5 Å². The van der Waals surface area contributed by atoms with Gasteiger partial charge in [0.25, 0.3) is 0 Å². The molecule has 2 aromatic rings. The standard InChI is InChI=1S/C14H14BrN3O3/c1-8-5-11(15)7-12(18(19)20)14(8)21-13-6-10(9(2)16)3-4-17-13/h3-7,9H,16H2,1-2H3. The number of nitro benzene ring substituents is 1. The fourth-order valence-corrected chi connectivity index (χ4v) is 2.41. The zero-order valence-electron chi connectivity index (χ0n) is 11.5. The van der Waals surface area contributed by atoms with E-state index in [2.05, 4.69) is 20.9 Å². The number of aromatic nitrogens is 1. The maximum atomic E-state index is 11.2. The molecule has 0 spiro atoms. The lowest BCUT2D eigenvalue weighted by atomic mass is 10.1. The van der Waals surface area contributed by atoms with Crippen molar-refractivity contribution in [1.29, 1.82) is 0 Å².